The van der Waals surface area contributed by atoms with Crippen LogP contribution >= 0.6 is 0 Å². The van der Waals surface area contributed by atoms with Gasteiger partial charge in [0.1, 0.15) is 24.0 Å². The van der Waals surface area contributed by atoms with Crippen LogP contribution < -0.4 is 5.32 Å². The number of hydrogen-bond acceptors (Lipinski definition) is 3. The van der Waals surface area contributed by atoms with E-state index in [1.165, 1.54) is 18.2 Å². The van der Waals surface area contributed by atoms with Gasteiger partial charge in [0.15, 0.2) is 5.82 Å². The first-order valence-corrected chi connectivity index (χ1v) is 9.25. The molecule has 1 N–H and O–H groups in total. The van der Waals surface area contributed by atoms with Crippen molar-refractivity contribution < 1.29 is 22.0 Å². The lowest BCUT2D eigenvalue weighted by atomic mass is 10.0. The molecular weight excluding hydrogens is 413 g/mol. The minimum Gasteiger partial charge on any atom is -0.361 e. The van der Waals surface area contributed by atoms with E-state index in [4.69, 9.17) is 0 Å². The molecule has 1 aromatic heterocycles. The van der Waals surface area contributed by atoms with Gasteiger partial charge in [-0.2, -0.15) is 13.2 Å². The monoisotopic (exact) mass is 431 g/mol. The van der Waals surface area contributed by atoms with Gasteiger partial charge in [-0.05, 0) is 36.8 Å². The van der Waals surface area contributed by atoms with Crippen molar-refractivity contribution >= 4 is 22.3 Å². The number of rotatable bonds is 6. The third-order valence-corrected chi connectivity index (χ3v) is 4.34. The maximum atomic E-state index is 14.2. The van der Waals surface area contributed by atoms with Crippen LogP contribution in [0.15, 0.2) is 67.3 Å². The van der Waals surface area contributed by atoms with Gasteiger partial charge in [-0.15, -0.1) is 0 Å². The highest BCUT2D eigenvalue weighted by atomic mass is 19.4. The quantitative estimate of drug-likeness (QED) is 0.349. The van der Waals surface area contributed by atoms with Gasteiger partial charge in [-0.1, -0.05) is 36.9 Å². The van der Waals surface area contributed by atoms with Crippen LogP contribution in [0, 0.1) is 11.6 Å². The molecule has 0 aliphatic rings. The Morgan fingerprint density at radius 3 is 2.52 bits per heavy atom. The molecule has 0 aliphatic heterocycles. The summed E-state index contributed by atoms with van der Waals surface area (Å²) in [6, 6.07) is 7.69. The number of nitrogens with one attached hydrogen (secondary N) is 1. The van der Waals surface area contributed by atoms with Crippen molar-refractivity contribution in [1.82, 2.24) is 9.97 Å². The molecule has 0 saturated carbocycles. The highest BCUT2D eigenvalue weighted by molar-refractivity contribution is 5.94. The van der Waals surface area contributed by atoms with E-state index in [9.17, 15) is 22.0 Å². The Hall–Kier alpha value is -3.55. The molecule has 2 aromatic carbocycles. The van der Waals surface area contributed by atoms with Crippen molar-refractivity contribution in [3.8, 4) is 11.1 Å². The molecular formula is C23H18F5N3. The van der Waals surface area contributed by atoms with Crippen molar-refractivity contribution in [2.24, 2.45) is 0 Å². The summed E-state index contributed by atoms with van der Waals surface area (Å²) in [7, 11) is 0. The van der Waals surface area contributed by atoms with E-state index in [1.807, 2.05) is 6.92 Å². The van der Waals surface area contributed by atoms with Crippen molar-refractivity contribution in [1.29, 1.82) is 0 Å². The topological polar surface area (TPSA) is 37.8 Å². The highest BCUT2D eigenvalue weighted by Gasteiger charge is 2.27. The third-order valence-electron chi connectivity index (χ3n) is 4.34. The number of nitrogens with zero attached hydrogens (tertiary/aromatic N) is 2. The third kappa shape index (κ3) is 5.33. The molecule has 0 unspecified atom stereocenters. The second kappa shape index (κ2) is 9.07. The first-order chi connectivity index (χ1) is 14.7. The minimum atomic E-state index is -4.47. The molecule has 0 atom stereocenters. The normalized spacial score (nSPS) is 12.5. The van der Waals surface area contributed by atoms with Crippen LogP contribution in [0.5, 0.6) is 0 Å². The zero-order valence-corrected chi connectivity index (χ0v) is 16.5. The molecule has 0 saturated heterocycles. The number of hydrogen-bond donors (Lipinski definition) is 1. The second-order valence-corrected chi connectivity index (χ2v) is 6.57. The summed E-state index contributed by atoms with van der Waals surface area (Å²) in [5.74, 6) is -1.39. The van der Waals surface area contributed by atoms with E-state index in [0.717, 1.165) is 12.1 Å². The summed E-state index contributed by atoms with van der Waals surface area (Å²) in [6.45, 7) is 4.20. The van der Waals surface area contributed by atoms with Crippen LogP contribution in [0.4, 0.5) is 27.8 Å². The molecule has 1 heterocycles. The molecule has 0 amide bonds. The maximum Gasteiger partial charge on any atom is 0.405 e. The Balaban J connectivity index is 2.19. The van der Waals surface area contributed by atoms with Gasteiger partial charge in [0.2, 0.25) is 0 Å². The van der Waals surface area contributed by atoms with E-state index in [2.05, 4.69) is 21.9 Å². The van der Waals surface area contributed by atoms with Crippen LogP contribution in [0.25, 0.3) is 27.6 Å². The molecule has 8 heteroatoms. The standard InChI is InChI=1S/C23H18F5N3/c1-3-5-6-14(4-2)21-30-20-10-7-15(17-9-8-16(24)12-19(17)25)11-18(20)22(31-21)29-13-23(26,27)28/h3-12H,2,13H2,1H3,(H,29,30,31)/b5-3-,14-6+. The number of allylic oxidation sites excluding steroid dienone is 5. The van der Waals surface area contributed by atoms with Crippen LogP contribution in [0.3, 0.4) is 0 Å². The molecule has 0 spiro atoms. The van der Waals surface area contributed by atoms with E-state index in [-0.39, 0.29) is 22.6 Å². The predicted molar refractivity (Wildman–Crippen MR) is 112 cm³/mol. The van der Waals surface area contributed by atoms with Crippen molar-refractivity contribution in [2.75, 3.05) is 11.9 Å². The molecule has 160 valence electrons. The van der Waals surface area contributed by atoms with E-state index in [0.29, 0.717) is 16.7 Å². The molecule has 0 fully saturated rings. The fourth-order valence-electron chi connectivity index (χ4n) is 2.90. The fraction of sp³-hybridized carbons (Fsp3) is 0.130. The smallest absolute Gasteiger partial charge is 0.361 e. The lowest BCUT2D eigenvalue weighted by Gasteiger charge is -2.14. The Bertz CT molecular complexity index is 1180. The van der Waals surface area contributed by atoms with Gasteiger partial charge < -0.3 is 5.32 Å². The van der Waals surface area contributed by atoms with E-state index >= 15 is 0 Å². The Kier molecular flexibility index (Phi) is 6.48. The predicted octanol–water partition coefficient (Wildman–Crippen LogP) is 6.69. The van der Waals surface area contributed by atoms with Gasteiger partial charge in [0.25, 0.3) is 0 Å². The zero-order valence-electron chi connectivity index (χ0n) is 16.5. The fourth-order valence-corrected chi connectivity index (χ4v) is 2.90. The molecule has 3 aromatic rings. The van der Waals surface area contributed by atoms with Crippen LogP contribution in [-0.2, 0) is 0 Å². The largest absolute Gasteiger partial charge is 0.405 e. The molecule has 0 radical (unpaired) electrons. The van der Waals surface area contributed by atoms with Gasteiger partial charge in [0.05, 0.1) is 5.52 Å². The van der Waals surface area contributed by atoms with Crippen molar-refractivity contribution in [3.63, 3.8) is 0 Å². The Morgan fingerprint density at radius 1 is 1.10 bits per heavy atom. The van der Waals surface area contributed by atoms with Crippen molar-refractivity contribution in [3.05, 3.63) is 84.7 Å². The minimum absolute atomic E-state index is 0.0603. The number of halogens is 5. The Morgan fingerprint density at radius 2 is 1.87 bits per heavy atom. The summed E-state index contributed by atoms with van der Waals surface area (Å²) in [6.07, 6.45) is 2.21. The van der Waals surface area contributed by atoms with Crippen LogP contribution in [-0.4, -0.2) is 22.7 Å². The summed E-state index contributed by atoms with van der Waals surface area (Å²) in [5, 5.41) is 2.56. The first kappa shape index (κ1) is 22.1. The highest BCUT2D eigenvalue weighted by Crippen LogP contribution is 2.31. The van der Waals surface area contributed by atoms with Crippen LogP contribution in [0.1, 0.15) is 12.7 Å². The lowest BCUT2D eigenvalue weighted by Crippen LogP contribution is -2.22. The number of benzene rings is 2. The Labute approximate surface area is 175 Å². The van der Waals surface area contributed by atoms with Gasteiger partial charge in [-0.3, -0.25) is 0 Å². The SMILES string of the molecule is C=C/C(=C\C=C/C)c1nc(NCC(F)(F)F)c2cc(-c3ccc(F)cc3F)ccc2n1. The number of alkyl halides is 3. The number of aromatic nitrogens is 2. The maximum absolute atomic E-state index is 14.2. The average Bonchev–Trinajstić information content (AvgIpc) is 2.72. The molecule has 31 heavy (non-hydrogen) atoms. The summed E-state index contributed by atoms with van der Waals surface area (Å²) >= 11 is 0. The molecule has 0 aliphatic carbocycles. The zero-order chi connectivity index (χ0) is 22.6. The van der Waals surface area contributed by atoms with E-state index < -0.39 is 24.4 Å². The lowest BCUT2D eigenvalue weighted by molar-refractivity contribution is -0.115. The van der Waals surface area contributed by atoms with Gasteiger partial charge in [-0.25, -0.2) is 18.7 Å². The molecule has 3 rings (SSSR count). The summed E-state index contributed by atoms with van der Waals surface area (Å²) in [5.41, 5.74) is 1.33. The average molecular weight is 431 g/mol. The molecule has 0 bridgehead atoms. The number of anilines is 1. The number of fused-ring (bicyclic) bond motifs is 1. The second-order valence-electron chi connectivity index (χ2n) is 6.57. The summed E-state index contributed by atoms with van der Waals surface area (Å²) in [4.78, 5) is 8.67. The van der Waals surface area contributed by atoms with E-state index in [1.54, 1.807) is 30.4 Å². The first-order valence-electron chi connectivity index (χ1n) is 9.25. The van der Waals surface area contributed by atoms with Crippen molar-refractivity contribution in [2.45, 2.75) is 13.1 Å². The summed E-state index contributed by atoms with van der Waals surface area (Å²) < 4.78 is 66.0. The molecule has 3 nitrogen and oxygen atoms in total. The van der Waals surface area contributed by atoms with Crippen LogP contribution in [0.2, 0.25) is 0 Å². The van der Waals surface area contributed by atoms with Gasteiger partial charge in [0, 0.05) is 22.6 Å². The van der Waals surface area contributed by atoms with Gasteiger partial charge >= 0.3 is 6.18 Å².